The standard InChI is InChI=1S/C16H19N3O3S.ClH/c1-10(17)8-9-18-23(21,22)14-7-6-13-15-11(14)4-3-5-12(15)16(20)19(13)2;/h3-7,10,18H,8-9,17H2,1-2H3;1H. The number of carbonyl (C=O) groups excluding carboxylic acids is 1. The average molecular weight is 370 g/mol. The lowest BCUT2D eigenvalue weighted by Crippen LogP contribution is -2.29. The van der Waals surface area contributed by atoms with E-state index in [1.54, 1.807) is 37.4 Å². The van der Waals surface area contributed by atoms with E-state index in [0.717, 1.165) is 5.69 Å². The fraction of sp³-hybridized carbons (Fsp3) is 0.312. The molecule has 0 aliphatic carbocycles. The van der Waals surface area contributed by atoms with E-state index in [4.69, 9.17) is 5.73 Å². The number of nitrogens with two attached hydrogens (primary N) is 1. The van der Waals surface area contributed by atoms with Gasteiger partial charge in [-0.15, -0.1) is 12.4 Å². The monoisotopic (exact) mass is 369 g/mol. The molecule has 3 rings (SSSR count). The van der Waals surface area contributed by atoms with Crippen molar-refractivity contribution < 1.29 is 13.2 Å². The third-order valence-corrected chi connectivity index (χ3v) is 5.58. The minimum Gasteiger partial charge on any atom is -0.328 e. The molecule has 0 aromatic heterocycles. The summed E-state index contributed by atoms with van der Waals surface area (Å²) >= 11 is 0. The van der Waals surface area contributed by atoms with Gasteiger partial charge in [0.1, 0.15) is 0 Å². The molecule has 2 aromatic rings. The van der Waals surface area contributed by atoms with Gasteiger partial charge in [0, 0.05) is 36.0 Å². The average Bonchev–Trinajstić information content (AvgIpc) is 2.74. The first-order chi connectivity index (χ1) is 10.8. The van der Waals surface area contributed by atoms with Gasteiger partial charge in [0.05, 0.1) is 10.6 Å². The first-order valence-corrected chi connectivity index (χ1v) is 8.90. The van der Waals surface area contributed by atoms with Crippen LogP contribution >= 0.6 is 12.4 Å². The Bertz CT molecular complexity index is 897. The lowest BCUT2D eigenvalue weighted by molar-refractivity contribution is 0.0999. The summed E-state index contributed by atoms with van der Waals surface area (Å²) in [4.78, 5) is 14.0. The van der Waals surface area contributed by atoms with E-state index >= 15 is 0 Å². The van der Waals surface area contributed by atoms with Gasteiger partial charge >= 0.3 is 0 Å². The van der Waals surface area contributed by atoms with Crippen molar-refractivity contribution in [1.29, 1.82) is 0 Å². The Balaban J connectivity index is 0.00000208. The highest BCUT2D eigenvalue weighted by molar-refractivity contribution is 7.89. The zero-order valence-corrected chi connectivity index (χ0v) is 15.1. The molecule has 130 valence electrons. The highest BCUT2D eigenvalue weighted by Gasteiger charge is 2.29. The van der Waals surface area contributed by atoms with E-state index in [1.165, 1.54) is 4.90 Å². The number of carbonyl (C=O) groups is 1. The van der Waals surface area contributed by atoms with Crippen molar-refractivity contribution in [2.45, 2.75) is 24.3 Å². The number of rotatable bonds is 5. The predicted octanol–water partition coefficient (Wildman–Crippen LogP) is 1.87. The van der Waals surface area contributed by atoms with E-state index < -0.39 is 10.0 Å². The molecule has 0 saturated carbocycles. The minimum absolute atomic E-state index is 0. The molecule has 8 heteroatoms. The van der Waals surface area contributed by atoms with Gasteiger partial charge in [0.15, 0.2) is 0 Å². The van der Waals surface area contributed by atoms with Gasteiger partial charge in [-0.1, -0.05) is 12.1 Å². The molecule has 1 aliphatic heterocycles. The van der Waals surface area contributed by atoms with E-state index in [2.05, 4.69) is 4.72 Å². The Hall–Kier alpha value is -1.67. The molecule has 1 aliphatic rings. The summed E-state index contributed by atoms with van der Waals surface area (Å²) in [6, 6.07) is 8.31. The molecule has 2 aromatic carbocycles. The lowest BCUT2D eigenvalue weighted by Gasteiger charge is -2.13. The van der Waals surface area contributed by atoms with Crippen LogP contribution in [0.2, 0.25) is 0 Å². The molecule has 1 unspecified atom stereocenters. The Morgan fingerprint density at radius 3 is 2.62 bits per heavy atom. The van der Waals surface area contributed by atoms with Crippen LogP contribution in [0.4, 0.5) is 5.69 Å². The van der Waals surface area contributed by atoms with Gasteiger partial charge in [-0.25, -0.2) is 13.1 Å². The van der Waals surface area contributed by atoms with Crippen LogP contribution in [0.5, 0.6) is 0 Å². The largest absolute Gasteiger partial charge is 0.328 e. The number of anilines is 1. The van der Waals surface area contributed by atoms with E-state index in [0.29, 0.717) is 22.8 Å². The molecule has 0 radical (unpaired) electrons. The van der Waals surface area contributed by atoms with Gasteiger partial charge in [-0.3, -0.25) is 4.79 Å². The van der Waals surface area contributed by atoms with Gasteiger partial charge in [-0.05, 0) is 31.5 Å². The molecule has 0 bridgehead atoms. The van der Waals surface area contributed by atoms with E-state index in [9.17, 15) is 13.2 Å². The second kappa shape index (κ2) is 6.68. The summed E-state index contributed by atoms with van der Waals surface area (Å²) in [5.41, 5.74) is 6.92. The minimum atomic E-state index is -3.66. The van der Waals surface area contributed by atoms with Crippen molar-refractivity contribution >= 4 is 44.8 Å². The fourth-order valence-corrected chi connectivity index (χ4v) is 4.09. The Morgan fingerprint density at radius 2 is 1.96 bits per heavy atom. The van der Waals surface area contributed by atoms with Crippen LogP contribution in [-0.4, -0.2) is 34.0 Å². The molecule has 1 amide bonds. The molecule has 24 heavy (non-hydrogen) atoms. The SMILES string of the molecule is CC(N)CCNS(=O)(=O)c1ccc2c3c(cccc13)C(=O)N2C.Cl. The van der Waals surface area contributed by atoms with Crippen molar-refractivity contribution in [2.24, 2.45) is 5.73 Å². The van der Waals surface area contributed by atoms with Crippen LogP contribution in [0.1, 0.15) is 23.7 Å². The van der Waals surface area contributed by atoms with E-state index in [1.807, 2.05) is 6.92 Å². The second-order valence-electron chi connectivity index (χ2n) is 5.84. The zero-order valence-electron chi connectivity index (χ0n) is 13.4. The Labute approximate surface area is 147 Å². The summed E-state index contributed by atoms with van der Waals surface area (Å²) in [6.45, 7) is 2.11. The van der Waals surface area contributed by atoms with Gasteiger partial charge in [0.25, 0.3) is 5.91 Å². The van der Waals surface area contributed by atoms with Gasteiger partial charge in [-0.2, -0.15) is 0 Å². The maximum atomic E-state index is 12.6. The predicted molar refractivity (Wildman–Crippen MR) is 97.4 cm³/mol. The normalized spacial score (nSPS) is 14.8. The third kappa shape index (κ3) is 3.00. The molecular formula is C16H20ClN3O3S. The number of nitrogens with one attached hydrogen (secondary N) is 1. The highest BCUT2D eigenvalue weighted by atomic mass is 35.5. The molecule has 0 spiro atoms. The first-order valence-electron chi connectivity index (χ1n) is 7.42. The molecule has 6 nitrogen and oxygen atoms in total. The van der Waals surface area contributed by atoms with Crippen LogP contribution in [0.25, 0.3) is 10.8 Å². The number of amides is 1. The van der Waals surface area contributed by atoms with Crippen molar-refractivity contribution in [3.8, 4) is 0 Å². The van der Waals surface area contributed by atoms with Crippen molar-refractivity contribution in [3.63, 3.8) is 0 Å². The van der Waals surface area contributed by atoms with Crippen molar-refractivity contribution in [3.05, 3.63) is 35.9 Å². The van der Waals surface area contributed by atoms with Crippen LogP contribution in [0.3, 0.4) is 0 Å². The van der Waals surface area contributed by atoms with Crippen LogP contribution in [0, 0.1) is 0 Å². The maximum absolute atomic E-state index is 12.6. The van der Waals surface area contributed by atoms with Crippen LogP contribution in [0.15, 0.2) is 35.2 Å². The number of sulfonamides is 1. The van der Waals surface area contributed by atoms with Gasteiger partial charge in [0.2, 0.25) is 10.0 Å². The second-order valence-corrected chi connectivity index (χ2v) is 7.57. The summed E-state index contributed by atoms with van der Waals surface area (Å²) in [5.74, 6) is -0.120. The molecule has 0 saturated heterocycles. The summed E-state index contributed by atoms with van der Waals surface area (Å²) < 4.78 is 27.7. The third-order valence-electron chi connectivity index (χ3n) is 4.06. The topological polar surface area (TPSA) is 92.5 Å². The van der Waals surface area contributed by atoms with Crippen molar-refractivity contribution in [2.75, 3.05) is 18.5 Å². The first kappa shape index (κ1) is 18.7. The zero-order chi connectivity index (χ0) is 16.8. The Kier molecular flexibility index (Phi) is 5.19. The number of hydrogen-bond donors (Lipinski definition) is 2. The fourth-order valence-electron chi connectivity index (χ4n) is 2.84. The molecular weight excluding hydrogens is 350 g/mol. The summed E-state index contributed by atoms with van der Waals surface area (Å²) in [5, 5.41) is 1.25. The Morgan fingerprint density at radius 1 is 1.25 bits per heavy atom. The van der Waals surface area contributed by atoms with Crippen LogP contribution in [-0.2, 0) is 10.0 Å². The van der Waals surface area contributed by atoms with E-state index in [-0.39, 0.29) is 35.8 Å². The lowest BCUT2D eigenvalue weighted by atomic mass is 10.1. The van der Waals surface area contributed by atoms with Crippen LogP contribution < -0.4 is 15.4 Å². The number of benzene rings is 2. The summed E-state index contributed by atoms with van der Waals surface area (Å²) in [6.07, 6.45) is 0.557. The maximum Gasteiger partial charge on any atom is 0.258 e. The molecule has 3 N–H and O–H groups in total. The van der Waals surface area contributed by atoms with Crippen molar-refractivity contribution in [1.82, 2.24) is 4.72 Å². The molecule has 1 heterocycles. The van der Waals surface area contributed by atoms with Gasteiger partial charge < -0.3 is 10.6 Å². The number of nitrogens with zero attached hydrogens (tertiary/aromatic N) is 1. The molecule has 1 atom stereocenters. The highest BCUT2D eigenvalue weighted by Crippen LogP contribution is 2.39. The summed E-state index contributed by atoms with van der Waals surface area (Å²) in [7, 11) is -1.97. The molecule has 0 fully saturated rings. The smallest absolute Gasteiger partial charge is 0.258 e. The number of halogens is 1. The quantitative estimate of drug-likeness (QED) is 0.841. The number of hydrogen-bond acceptors (Lipinski definition) is 4.